The fraction of sp³-hybridized carbons (Fsp3) is 0.667. The molecule has 1 heterocycles. The molecule has 0 aliphatic heterocycles. The number of amides is 1. The molecule has 0 radical (unpaired) electrons. The van der Waals surface area contributed by atoms with Gasteiger partial charge in [-0.05, 0) is 13.3 Å². The van der Waals surface area contributed by atoms with Crippen molar-refractivity contribution in [3.63, 3.8) is 0 Å². The van der Waals surface area contributed by atoms with Crippen molar-refractivity contribution in [2.24, 2.45) is 0 Å². The molecule has 0 aliphatic rings. The zero-order chi connectivity index (χ0) is 14.3. The summed E-state index contributed by atoms with van der Waals surface area (Å²) in [6.45, 7) is 4.86. The molecule has 0 saturated heterocycles. The molecular weight excluding hydrogens is 248 g/mol. The zero-order valence-corrected chi connectivity index (χ0v) is 11.6. The summed E-state index contributed by atoms with van der Waals surface area (Å²) >= 11 is 0. The Morgan fingerprint density at radius 3 is 2.79 bits per heavy atom. The molecule has 0 spiro atoms. The van der Waals surface area contributed by atoms with Crippen LogP contribution in [0.3, 0.4) is 0 Å². The maximum atomic E-state index is 11.8. The Labute approximate surface area is 112 Å². The van der Waals surface area contributed by atoms with Gasteiger partial charge in [-0.25, -0.2) is 9.48 Å². The Morgan fingerprint density at radius 2 is 2.16 bits per heavy atom. The Hall–Kier alpha value is -1.92. The second-order valence-electron chi connectivity index (χ2n) is 4.19. The molecule has 106 valence electrons. The molecule has 0 bridgehead atoms. The van der Waals surface area contributed by atoms with Gasteiger partial charge in [-0.3, -0.25) is 4.79 Å². The highest BCUT2D eigenvalue weighted by Gasteiger charge is 2.14. The lowest BCUT2D eigenvalue weighted by Crippen LogP contribution is -2.31. The topological polar surface area (TPSA) is 77.3 Å². The van der Waals surface area contributed by atoms with Crippen molar-refractivity contribution in [2.75, 3.05) is 20.2 Å². The lowest BCUT2D eigenvalue weighted by atomic mass is 10.3. The van der Waals surface area contributed by atoms with E-state index >= 15 is 0 Å². The molecule has 0 aliphatic carbocycles. The van der Waals surface area contributed by atoms with Crippen LogP contribution >= 0.6 is 0 Å². The third kappa shape index (κ3) is 4.69. The number of aromatic nitrogens is 3. The lowest BCUT2D eigenvalue weighted by molar-refractivity contribution is -0.130. The second kappa shape index (κ2) is 7.50. The van der Waals surface area contributed by atoms with E-state index in [1.165, 1.54) is 10.9 Å². The molecule has 0 saturated carbocycles. The van der Waals surface area contributed by atoms with Crippen LogP contribution in [0.4, 0.5) is 0 Å². The SMILES string of the molecule is CCCCN(C)C(=O)Cn1cc(C(=O)OCC)nn1. The Balaban J connectivity index is 2.53. The van der Waals surface area contributed by atoms with Gasteiger partial charge in [0.25, 0.3) is 0 Å². The number of rotatable bonds is 7. The van der Waals surface area contributed by atoms with Crippen LogP contribution in [0.15, 0.2) is 6.20 Å². The van der Waals surface area contributed by atoms with Gasteiger partial charge in [0, 0.05) is 13.6 Å². The van der Waals surface area contributed by atoms with Crippen molar-refractivity contribution in [3.05, 3.63) is 11.9 Å². The van der Waals surface area contributed by atoms with Gasteiger partial charge < -0.3 is 9.64 Å². The number of carbonyl (C=O) groups excluding carboxylic acids is 2. The van der Waals surface area contributed by atoms with Crippen molar-refractivity contribution in [2.45, 2.75) is 33.2 Å². The van der Waals surface area contributed by atoms with E-state index in [-0.39, 0.29) is 24.8 Å². The van der Waals surface area contributed by atoms with Gasteiger partial charge >= 0.3 is 5.97 Å². The van der Waals surface area contributed by atoms with E-state index in [9.17, 15) is 9.59 Å². The molecule has 1 amide bonds. The monoisotopic (exact) mass is 268 g/mol. The van der Waals surface area contributed by atoms with Crippen LogP contribution in [-0.2, 0) is 16.1 Å². The van der Waals surface area contributed by atoms with Gasteiger partial charge in [-0.15, -0.1) is 5.10 Å². The van der Waals surface area contributed by atoms with E-state index in [4.69, 9.17) is 4.74 Å². The molecule has 1 aromatic rings. The summed E-state index contributed by atoms with van der Waals surface area (Å²) in [7, 11) is 1.75. The maximum absolute atomic E-state index is 11.8. The first-order valence-electron chi connectivity index (χ1n) is 6.39. The van der Waals surface area contributed by atoms with Crippen LogP contribution in [-0.4, -0.2) is 52.0 Å². The first-order chi connectivity index (χ1) is 9.08. The summed E-state index contributed by atoms with van der Waals surface area (Å²) in [5.74, 6) is -0.589. The first-order valence-corrected chi connectivity index (χ1v) is 6.39. The van der Waals surface area contributed by atoms with Gasteiger partial charge in [0.1, 0.15) is 6.54 Å². The van der Waals surface area contributed by atoms with Crippen molar-refractivity contribution < 1.29 is 14.3 Å². The number of likely N-dealkylation sites (N-methyl/N-ethyl adjacent to an activating group) is 1. The molecule has 0 unspecified atom stereocenters. The minimum absolute atomic E-state index is 0.0613. The van der Waals surface area contributed by atoms with Gasteiger partial charge in [0.05, 0.1) is 12.8 Å². The second-order valence-corrected chi connectivity index (χ2v) is 4.19. The van der Waals surface area contributed by atoms with E-state index in [0.29, 0.717) is 0 Å². The normalized spacial score (nSPS) is 10.3. The van der Waals surface area contributed by atoms with E-state index in [2.05, 4.69) is 17.2 Å². The summed E-state index contributed by atoms with van der Waals surface area (Å²) < 4.78 is 6.14. The van der Waals surface area contributed by atoms with Crippen LogP contribution < -0.4 is 0 Å². The fourth-order valence-electron chi connectivity index (χ4n) is 1.45. The predicted octanol–water partition coefficient (Wildman–Crippen LogP) is 0.713. The molecular formula is C12H20N4O3. The quantitative estimate of drug-likeness (QED) is 0.681. The van der Waals surface area contributed by atoms with Crippen molar-refractivity contribution in [1.82, 2.24) is 19.9 Å². The number of hydrogen-bond acceptors (Lipinski definition) is 5. The molecule has 0 atom stereocenters. The number of hydrogen-bond donors (Lipinski definition) is 0. The summed E-state index contributed by atoms with van der Waals surface area (Å²) in [4.78, 5) is 24.9. The molecule has 0 N–H and O–H groups in total. The first kappa shape index (κ1) is 15.1. The average molecular weight is 268 g/mol. The fourth-order valence-corrected chi connectivity index (χ4v) is 1.45. The third-order valence-corrected chi connectivity index (χ3v) is 2.59. The van der Waals surface area contributed by atoms with Crippen LogP contribution in [0.5, 0.6) is 0 Å². The maximum Gasteiger partial charge on any atom is 0.360 e. The Bertz CT molecular complexity index is 430. The number of esters is 1. The zero-order valence-electron chi connectivity index (χ0n) is 11.6. The third-order valence-electron chi connectivity index (χ3n) is 2.59. The Kier molecular flexibility index (Phi) is 5.98. The van der Waals surface area contributed by atoms with Crippen LogP contribution in [0.1, 0.15) is 37.2 Å². The number of nitrogens with zero attached hydrogens (tertiary/aromatic N) is 4. The molecule has 1 rings (SSSR count). The van der Waals surface area contributed by atoms with E-state index in [1.807, 2.05) is 0 Å². The largest absolute Gasteiger partial charge is 0.461 e. The minimum atomic E-state index is -0.527. The smallest absolute Gasteiger partial charge is 0.360 e. The summed E-state index contributed by atoms with van der Waals surface area (Å²) in [5.41, 5.74) is 0.117. The average Bonchev–Trinajstić information content (AvgIpc) is 2.84. The van der Waals surface area contributed by atoms with Gasteiger partial charge in [-0.2, -0.15) is 0 Å². The highest BCUT2D eigenvalue weighted by Crippen LogP contribution is 1.99. The molecule has 0 fully saturated rings. The van der Waals surface area contributed by atoms with Gasteiger partial charge in [0.15, 0.2) is 5.69 Å². The molecule has 0 aromatic carbocycles. The number of carbonyl (C=O) groups is 2. The standard InChI is InChI=1S/C12H20N4O3/c1-4-6-7-15(3)11(17)9-16-8-10(13-14-16)12(18)19-5-2/h8H,4-7,9H2,1-3H3. The van der Waals surface area contributed by atoms with Gasteiger partial charge in [-0.1, -0.05) is 18.6 Å². The lowest BCUT2D eigenvalue weighted by Gasteiger charge is -2.16. The van der Waals surface area contributed by atoms with Crippen molar-refractivity contribution >= 4 is 11.9 Å². The van der Waals surface area contributed by atoms with Gasteiger partial charge in [0.2, 0.25) is 5.91 Å². The van der Waals surface area contributed by atoms with Crippen molar-refractivity contribution in [3.8, 4) is 0 Å². The molecule has 1 aromatic heterocycles. The molecule has 7 nitrogen and oxygen atoms in total. The molecule has 7 heteroatoms. The van der Waals surface area contributed by atoms with E-state index in [1.54, 1.807) is 18.9 Å². The highest BCUT2D eigenvalue weighted by atomic mass is 16.5. The molecule has 19 heavy (non-hydrogen) atoms. The van der Waals surface area contributed by atoms with Crippen LogP contribution in [0, 0.1) is 0 Å². The number of unbranched alkanes of at least 4 members (excludes halogenated alkanes) is 1. The summed E-state index contributed by atoms with van der Waals surface area (Å²) in [6, 6.07) is 0. The predicted molar refractivity (Wildman–Crippen MR) is 68.5 cm³/mol. The van der Waals surface area contributed by atoms with Crippen molar-refractivity contribution in [1.29, 1.82) is 0 Å². The summed E-state index contributed by atoms with van der Waals surface area (Å²) in [6.07, 6.45) is 3.42. The Morgan fingerprint density at radius 1 is 1.42 bits per heavy atom. The highest BCUT2D eigenvalue weighted by molar-refractivity contribution is 5.86. The summed E-state index contributed by atoms with van der Waals surface area (Å²) in [5, 5.41) is 7.42. The number of ether oxygens (including phenoxy) is 1. The van der Waals surface area contributed by atoms with E-state index < -0.39 is 5.97 Å². The van der Waals surface area contributed by atoms with Crippen LogP contribution in [0.2, 0.25) is 0 Å². The van der Waals surface area contributed by atoms with Crippen LogP contribution in [0.25, 0.3) is 0 Å². The minimum Gasteiger partial charge on any atom is -0.461 e. The van der Waals surface area contributed by atoms with E-state index in [0.717, 1.165) is 19.4 Å².